The van der Waals surface area contributed by atoms with Gasteiger partial charge in [0.05, 0.1) is 23.0 Å². The normalized spacial score (nSPS) is 18.6. The number of carbonyl (C=O) groups is 3. The van der Waals surface area contributed by atoms with Gasteiger partial charge in [0.2, 0.25) is 5.12 Å². The number of hydrogen-bond acceptors (Lipinski definition) is 6. The molecule has 1 aliphatic carbocycles. The van der Waals surface area contributed by atoms with E-state index in [1.165, 1.54) is 0 Å². The van der Waals surface area contributed by atoms with E-state index >= 15 is 0 Å². The quantitative estimate of drug-likeness (QED) is 0.137. The van der Waals surface area contributed by atoms with Crippen molar-refractivity contribution in [2.45, 2.75) is 77.9 Å². The van der Waals surface area contributed by atoms with Gasteiger partial charge in [0, 0.05) is 35.7 Å². The lowest BCUT2D eigenvalue weighted by Gasteiger charge is -2.38. The van der Waals surface area contributed by atoms with Gasteiger partial charge in [0.25, 0.3) is 5.91 Å². The van der Waals surface area contributed by atoms with Crippen LogP contribution in [0, 0.1) is 18.3 Å². The van der Waals surface area contributed by atoms with Gasteiger partial charge in [-0.15, -0.1) is 0 Å². The van der Waals surface area contributed by atoms with Gasteiger partial charge in [0.1, 0.15) is 5.82 Å². The second kappa shape index (κ2) is 15.6. The molecule has 1 amide bonds. The van der Waals surface area contributed by atoms with Crippen LogP contribution >= 0.6 is 11.8 Å². The van der Waals surface area contributed by atoms with E-state index in [0.29, 0.717) is 30.7 Å². The number of thioether (sulfide) groups is 1. The summed E-state index contributed by atoms with van der Waals surface area (Å²) in [5.41, 5.74) is 9.84. The fraction of sp³-hybridized carbons (Fsp3) is 0.366. The number of carboxylic acid groups (broad SMARTS) is 1. The first kappa shape index (κ1) is 36.8. The number of rotatable bonds is 13. The molecule has 0 radical (unpaired) electrons. The Labute approximate surface area is 299 Å². The summed E-state index contributed by atoms with van der Waals surface area (Å²) in [6.45, 7) is 10.2. The second-order valence-corrected chi connectivity index (χ2v) is 15.3. The van der Waals surface area contributed by atoms with Gasteiger partial charge >= 0.3 is 5.97 Å². The van der Waals surface area contributed by atoms with Crippen LogP contribution < -0.4 is 11.1 Å². The maximum absolute atomic E-state index is 14.1. The van der Waals surface area contributed by atoms with E-state index in [9.17, 15) is 19.5 Å². The number of carboxylic acids is 1. The molecule has 2 unspecified atom stereocenters. The molecule has 9 heteroatoms. The summed E-state index contributed by atoms with van der Waals surface area (Å²) in [6, 6.07) is 22.4. The van der Waals surface area contributed by atoms with Crippen molar-refractivity contribution < 1.29 is 19.5 Å². The third-order valence-electron chi connectivity index (χ3n) is 9.49. The van der Waals surface area contributed by atoms with Crippen LogP contribution in [-0.4, -0.2) is 49.5 Å². The zero-order valence-electron chi connectivity index (χ0n) is 29.6. The lowest BCUT2D eigenvalue weighted by atomic mass is 9.68. The van der Waals surface area contributed by atoms with E-state index < -0.39 is 23.3 Å². The molecule has 0 aliphatic heterocycles. The molecule has 0 saturated heterocycles. The molecule has 5 rings (SSSR count). The summed E-state index contributed by atoms with van der Waals surface area (Å²) in [7, 11) is 0. The Balaban J connectivity index is 1.52. The van der Waals surface area contributed by atoms with Gasteiger partial charge in [-0.1, -0.05) is 124 Å². The minimum atomic E-state index is -0.906. The Kier molecular flexibility index (Phi) is 11.5. The molecule has 1 heterocycles. The van der Waals surface area contributed by atoms with Crippen molar-refractivity contribution in [3.8, 4) is 0 Å². The molecule has 1 aromatic heterocycles. The molecule has 1 aliphatic rings. The summed E-state index contributed by atoms with van der Waals surface area (Å²) >= 11 is 1.16. The number of aliphatic carboxylic acids is 1. The highest BCUT2D eigenvalue weighted by atomic mass is 32.2. The average Bonchev–Trinajstić information content (AvgIpc) is 3.44. The Morgan fingerprint density at radius 2 is 1.72 bits per heavy atom. The zero-order chi connectivity index (χ0) is 36.1. The molecule has 4 atom stereocenters. The molecule has 50 heavy (non-hydrogen) atoms. The van der Waals surface area contributed by atoms with Crippen LogP contribution in [0.15, 0.2) is 97.1 Å². The third-order valence-corrected chi connectivity index (χ3v) is 10.6. The van der Waals surface area contributed by atoms with Crippen LogP contribution in [0.3, 0.4) is 0 Å². The second-order valence-electron chi connectivity index (χ2n) is 14.3. The average molecular weight is 693 g/mol. The van der Waals surface area contributed by atoms with Crippen molar-refractivity contribution in [1.29, 1.82) is 0 Å². The van der Waals surface area contributed by atoms with E-state index in [2.05, 4.69) is 16.8 Å². The molecule has 3 aromatic carbocycles. The Hall–Kier alpha value is -4.47. The van der Waals surface area contributed by atoms with Gasteiger partial charge in [-0.3, -0.25) is 14.4 Å². The highest BCUT2D eigenvalue weighted by Gasteiger charge is 2.43. The van der Waals surface area contributed by atoms with Crippen molar-refractivity contribution in [1.82, 2.24) is 14.9 Å². The number of fused-ring (bicyclic) bond motifs is 1. The van der Waals surface area contributed by atoms with Crippen LogP contribution in [0.4, 0.5) is 0 Å². The minimum Gasteiger partial charge on any atom is -0.481 e. The van der Waals surface area contributed by atoms with Gasteiger partial charge in [-0.2, -0.15) is 0 Å². The number of carbonyl (C=O) groups excluding carboxylic acids is 2. The summed E-state index contributed by atoms with van der Waals surface area (Å²) in [4.78, 5) is 44.9. The predicted molar refractivity (Wildman–Crippen MR) is 202 cm³/mol. The topological polar surface area (TPSA) is 127 Å². The molecule has 0 spiro atoms. The SMILES string of the molecule is CCCc1nc2c(C)cc(C(=O)N[C@@H](CSC(=O)[C@@H](N)C(C)(C)C)Cc3ccccc3)cc2n1CC1(c2ccccc2)C=CC=CC1C(=O)O. The predicted octanol–water partition coefficient (Wildman–Crippen LogP) is 7.04. The highest BCUT2D eigenvalue weighted by Crippen LogP contribution is 2.41. The van der Waals surface area contributed by atoms with Crippen LogP contribution in [-0.2, 0) is 34.4 Å². The van der Waals surface area contributed by atoms with Crippen molar-refractivity contribution >= 4 is 39.8 Å². The first-order valence-electron chi connectivity index (χ1n) is 17.2. The number of nitrogens with zero attached hydrogens (tertiary/aromatic N) is 2. The van der Waals surface area contributed by atoms with Gasteiger partial charge in [-0.25, -0.2) is 4.98 Å². The van der Waals surface area contributed by atoms with Crippen LogP contribution in [0.5, 0.6) is 0 Å². The number of imidazole rings is 1. The molecule has 0 bridgehead atoms. The van der Waals surface area contributed by atoms with Gasteiger partial charge in [-0.05, 0) is 54.0 Å². The Morgan fingerprint density at radius 1 is 1.04 bits per heavy atom. The van der Waals surface area contributed by atoms with Crippen LogP contribution in [0.25, 0.3) is 11.0 Å². The van der Waals surface area contributed by atoms with Crippen molar-refractivity contribution in [3.63, 3.8) is 0 Å². The first-order chi connectivity index (χ1) is 23.8. The first-order valence-corrected chi connectivity index (χ1v) is 18.2. The highest BCUT2D eigenvalue weighted by molar-refractivity contribution is 8.13. The standard InChI is InChI=1S/C41H48N4O4S/c1-6-15-34-44-35-27(2)22-29(37(46)43-31(23-28-16-9-7-10-17-28)25-50-39(49)36(42)40(3,4)5)24-33(35)45(34)26-41(30-18-11-8-12-19-30)21-14-13-20-32(41)38(47)48/h7-14,16-22,24,31-32,36H,6,15,23,25-26,42H2,1-5H3,(H,43,46)(H,47,48)/t31-,32?,36-,41?/m1/s1. The molecule has 262 valence electrons. The summed E-state index contributed by atoms with van der Waals surface area (Å²) < 4.78 is 2.11. The largest absolute Gasteiger partial charge is 0.481 e. The Bertz CT molecular complexity index is 1890. The zero-order valence-corrected chi connectivity index (χ0v) is 30.4. The van der Waals surface area contributed by atoms with E-state index in [1.807, 2.05) is 113 Å². The van der Waals surface area contributed by atoms with Crippen molar-refractivity contribution in [2.24, 2.45) is 17.1 Å². The monoisotopic (exact) mass is 692 g/mol. The van der Waals surface area contributed by atoms with Gasteiger partial charge in [0.15, 0.2) is 0 Å². The molecule has 4 N–H and O–H groups in total. The van der Waals surface area contributed by atoms with Crippen LogP contribution in [0.2, 0.25) is 0 Å². The fourth-order valence-corrected chi connectivity index (χ4v) is 7.72. The molecular weight excluding hydrogens is 645 g/mol. The fourth-order valence-electron chi connectivity index (χ4n) is 6.62. The molecular formula is C41H48N4O4S. The van der Waals surface area contributed by atoms with E-state index in [1.54, 1.807) is 12.2 Å². The molecule has 8 nitrogen and oxygen atoms in total. The number of nitrogens with two attached hydrogens (primary N) is 1. The van der Waals surface area contributed by atoms with Crippen LogP contribution in [0.1, 0.15) is 67.0 Å². The number of allylic oxidation sites excluding steroid dienone is 3. The summed E-state index contributed by atoms with van der Waals surface area (Å²) in [5, 5.41) is 13.6. The summed E-state index contributed by atoms with van der Waals surface area (Å²) in [5.74, 6) is -0.747. The van der Waals surface area contributed by atoms with E-state index in [4.69, 9.17) is 10.7 Å². The van der Waals surface area contributed by atoms with Crippen molar-refractivity contribution in [2.75, 3.05) is 5.75 Å². The molecule has 0 fully saturated rings. The summed E-state index contributed by atoms with van der Waals surface area (Å²) in [6.07, 6.45) is 9.54. The number of amides is 1. The van der Waals surface area contributed by atoms with Crippen molar-refractivity contribution in [3.05, 3.63) is 125 Å². The lowest BCUT2D eigenvalue weighted by molar-refractivity contribution is -0.142. The number of hydrogen-bond donors (Lipinski definition) is 3. The minimum absolute atomic E-state index is 0.104. The number of aryl methyl sites for hydroxylation is 2. The lowest BCUT2D eigenvalue weighted by Crippen LogP contribution is -2.43. The molecule has 4 aromatic rings. The maximum Gasteiger partial charge on any atom is 0.311 e. The maximum atomic E-state index is 14.1. The third kappa shape index (κ3) is 8.11. The van der Waals surface area contributed by atoms with E-state index in [-0.39, 0.29) is 22.5 Å². The number of nitrogens with one attached hydrogen (secondary N) is 1. The molecule has 0 saturated carbocycles. The van der Waals surface area contributed by atoms with E-state index in [0.717, 1.165) is 51.7 Å². The Morgan fingerprint density at radius 3 is 2.36 bits per heavy atom. The number of aromatic nitrogens is 2. The number of benzene rings is 3. The van der Waals surface area contributed by atoms with Gasteiger partial charge < -0.3 is 20.7 Å². The smallest absolute Gasteiger partial charge is 0.311 e.